The molecular weight excluding hydrogens is 244 g/mol. The van der Waals surface area contributed by atoms with Gasteiger partial charge in [-0.15, -0.1) is 0 Å². The second-order valence-corrected chi connectivity index (χ2v) is 4.11. The summed E-state index contributed by atoms with van der Waals surface area (Å²) in [7, 11) is 3.62. The summed E-state index contributed by atoms with van der Waals surface area (Å²) in [6.07, 6.45) is 0. The van der Waals surface area contributed by atoms with E-state index in [9.17, 15) is 14.9 Å². The van der Waals surface area contributed by atoms with E-state index in [-0.39, 0.29) is 28.5 Å². The molecule has 0 aliphatic carbocycles. The number of nitro benzene ring substituents is 1. The molecule has 1 aromatic rings. The Balaban J connectivity index is 0.00000256. The highest BCUT2D eigenvalue weighted by molar-refractivity contribution is 5.89. The predicted octanol–water partition coefficient (Wildman–Crippen LogP) is -1.16. The molecule has 0 radical (unpaired) electrons. The Hall–Kier alpha value is -1.46. The summed E-state index contributed by atoms with van der Waals surface area (Å²) in [4.78, 5) is 22.0. The number of nitrogens with zero attached hydrogens (tertiary/aromatic N) is 2. The van der Waals surface area contributed by atoms with Crippen LogP contribution in [0, 0.1) is 10.1 Å². The SMILES string of the molecule is CC[N+](C)(C)C(=O)c1ccc([N+](=O)[O-])cc1.[Cl-]. The van der Waals surface area contributed by atoms with E-state index in [0.717, 1.165) is 0 Å². The zero-order chi connectivity index (χ0) is 12.3. The van der Waals surface area contributed by atoms with E-state index >= 15 is 0 Å². The van der Waals surface area contributed by atoms with Crippen molar-refractivity contribution in [2.75, 3.05) is 20.6 Å². The maximum Gasteiger partial charge on any atom is 0.345 e. The van der Waals surface area contributed by atoms with Crippen LogP contribution in [0.1, 0.15) is 17.3 Å². The number of quaternary nitrogens is 1. The van der Waals surface area contributed by atoms with Crippen LogP contribution in [-0.4, -0.2) is 36.0 Å². The Labute approximate surface area is 106 Å². The monoisotopic (exact) mass is 258 g/mol. The smallest absolute Gasteiger partial charge is 0.345 e. The van der Waals surface area contributed by atoms with Crippen molar-refractivity contribution in [2.45, 2.75) is 6.92 Å². The summed E-state index contributed by atoms with van der Waals surface area (Å²) in [5.74, 6) is -0.0441. The van der Waals surface area contributed by atoms with Crippen molar-refractivity contribution in [1.82, 2.24) is 0 Å². The van der Waals surface area contributed by atoms with Crippen LogP contribution in [0.15, 0.2) is 24.3 Å². The van der Waals surface area contributed by atoms with Crippen molar-refractivity contribution in [3.05, 3.63) is 39.9 Å². The van der Waals surface area contributed by atoms with Crippen LogP contribution in [0.5, 0.6) is 0 Å². The number of hydrogen-bond donors (Lipinski definition) is 0. The molecule has 0 saturated carbocycles. The average Bonchev–Trinajstić information content (AvgIpc) is 2.28. The molecule has 0 aromatic heterocycles. The third-order valence-corrected chi connectivity index (χ3v) is 2.67. The summed E-state index contributed by atoms with van der Waals surface area (Å²) in [5, 5.41) is 10.5. The summed E-state index contributed by atoms with van der Waals surface area (Å²) >= 11 is 0. The van der Waals surface area contributed by atoms with E-state index in [4.69, 9.17) is 0 Å². The van der Waals surface area contributed by atoms with E-state index in [2.05, 4.69) is 0 Å². The van der Waals surface area contributed by atoms with Crippen molar-refractivity contribution in [2.24, 2.45) is 0 Å². The fourth-order valence-corrected chi connectivity index (χ4v) is 1.22. The molecule has 0 spiro atoms. The van der Waals surface area contributed by atoms with E-state index < -0.39 is 4.92 Å². The molecule has 17 heavy (non-hydrogen) atoms. The van der Waals surface area contributed by atoms with Gasteiger partial charge in [-0.1, -0.05) is 0 Å². The van der Waals surface area contributed by atoms with Crippen molar-refractivity contribution >= 4 is 11.6 Å². The Morgan fingerprint density at radius 1 is 1.29 bits per heavy atom. The fraction of sp³-hybridized carbons (Fsp3) is 0.364. The molecule has 6 heteroatoms. The van der Waals surface area contributed by atoms with Gasteiger partial charge in [0.2, 0.25) is 0 Å². The largest absolute Gasteiger partial charge is 1.00 e. The first-order valence-corrected chi connectivity index (χ1v) is 5.01. The normalized spacial score (nSPS) is 10.5. The number of halogens is 1. The van der Waals surface area contributed by atoms with Gasteiger partial charge in [-0.2, -0.15) is 0 Å². The van der Waals surface area contributed by atoms with E-state index in [1.54, 1.807) is 0 Å². The topological polar surface area (TPSA) is 60.2 Å². The predicted molar refractivity (Wildman–Crippen MR) is 60.1 cm³/mol. The van der Waals surface area contributed by atoms with Gasteiger partial charge < -0.3 is 12.4 Å². The first kappa shape index (κ1) is 15.5. The maximum atomic E-state index is 12.0. The van der Waals surface area contributed by atoms with Crippen LogP contribution >= 0.6 is 0 Å². The number of amides is 1. The molecule has 94 valence electrons. The van der Waals surface area contributed by atoms with Crippen LogP contribution < -0.4 is 12.4 Å². The number of benzene rings is 1. The molecule has 5 nitrogen and oxygen atoms in total. The molecule has 0 aliphatic rings. The minimum absolute atomic E-state index is 0. The van der Waals surface area contributed by atoms with Crippen LogP contribution in [-0.2, 0) is 0 Å². The molecule has 0 saturated heterocycles. The average molecular weight is 259 g/mol. The maximum absolute atomic E-state index is 12.0. The van der Waals surface area contributed by atoms with Gasteiger partial charge >= 0.3 is 5.91 Å². The van der Waals surface area contributed by atoms with Gasteiger partial charge in [0.05, 0.1) is 31.1 Å². The zero-order valence-electron chi connectivity index (χ0n) is 10.0. The molecule has 0 bridgehead atoms. The second-order valence-electron chi connectivity index (χ2n) is 4.11. The molecule has 1 rings (SSSR count). The van der Waals surface area contributed by atoms with Gasteiger partial charge in [0.25, 0.3) is 5.69 Å². The number of carbonyl (C=O) groups excluding carboxylic acids is 1. The van der Waals surface area contributed by atoms with Crippen LogP contribution in [0.2, 0.25) is 0 Å². The first-order valence-electron chi connectivity index (χ1n) is 5.01. The second kappa shape index (κ2) is 5.75. The Morgan fingerprint density at radius 2 is 1.76 bits per heavy atom. The quantitative estimate of drug-likeness (QED) is 0.390. The van der Waals surface area contributed by atoms with Crippen molar-refractivity contribution < 1.29 is 26.6 Å². The Bertz CT molecular complexity index is 415. The molecule has 0 fully saturated rings. The summed E-state index contributed by atoms with van der Waals surface area (Å²) in [6, 6.07) is 5.69. The highest BCUT2D eigenvalue weighted by Crippen LogP contribution is 2.15. The van der Waals surface area contributed by atoms with E-state index in [0.29, 0.717) is 12.1 Å². The summed E-state index contributed by atoms with van der Waals surface area (Å²) in [6.45, 7) is 2.60. The van der Waals surface area contributed by atoms with Gasteiger partial charge in [-0.25, -0.2) is 4.79 Å². The minimum Gasteiger partial charge on any atom is -1.00 e. The molecule has 1 aromatic carbocycles. The first-order chi connectivity index (χ1) is 7.38. The molecule has 0 atom stereocenters. The number of hydrogen-bond acceptors (Lipinski definition) is 3. The van der Waals surface area contributed by atoms with Gasteiger partial charge in [0.1, 0.15) is 0 Å². The number of rotatable bonds is 3. The zero-order valence-corrected chi connectivity index (χ0v) is 10.8. The number of non-ortho nitro benzene ring substituents is 1. The third kappa shape index (κ3) is 3.51. The van der Waals surface area contributed by atoms with Crippen LogP contribution in [0.4, 0.5) is 5.69 Å². The molecule has 0 heterocycles. The van der Waals surface area contributed by atoms with Gasteiger partial charge in [0, 0.05) is 12.1 Å². The van der Waals surface area contributed by atoms with Crippen molar-refractivity contribution in [3.8, 4) is 0 Å². The molecule has 0 aliphatic heterocycles. The summed E-state index contributed by atoms with van der Waals surface area (Å²) < 4.78 is 0.234. The molecule has 0 N–H and O–H groups in total. The number of carbonyl (C=O) groups is 1. The van der Waals surface area contributed by atoms with Crippen molar-refractivity contribution in [1.29, 1.82) is 0 Å². The van der Waals surface area contributed by atoms with Gasteiger partial charge in [0.15, 0.2) is 0 Å². The van der Waals surface area contributed by atoms with Crippen LogP contribution in [0.25, 0.3) is 0 Å². The van der Waals surface area contributed by atoms with Gasteiger partial charge in [-0.05, 0) is 19.1 Å². The van der Waals surface area contributed by atoms with E-state index in [1.807, 2.05) is 21.0 Å². The molecule has 0 unspecified atom stereocenters. The van der Waals surface area contributed by atoms with Crippen molar-refractivity contribution in [3.63, 3.8) is 0 Å². The lowest BCUT2D eigenvalue weighted by atomic mass is 10.1. The Morgan fingerprint density at radius 3 is 2.12 bits per heavy atom. The lowest BCUT2D eigenvalue weighted by Crippen LogP contribution is -3.00. The third-order valence-electron chi connectivity index (χ3n) is 2.67. The van der Waals surface area contributed by atoms with E-state index in [1.165, 1.54) is 24.3 Å². The Kier molecular flexibility index (Phi) is 5.25. The minimum atomic E-state index is -0.478. The standard InChI is InChI=1S/C11H15N2O3.ClH/c1-4-13(2,3)11(14)9-5-7-10(8-6-9)12(15)16;/h5-8H,4H2,1-3H3;1H/q+1;/p-1. The van der Waals surface area contributed by atoms with Gasteiger partial charge in [-0.3, -0.25) is 14.6 Å². The molecular formula is C11H15ClN2O3. The lowest BCUT2D eigenvalue weighted by molar-refractivity contribution is -0.805. The van der Waals surface area contributed by atoms with Crippen LogP contribution in [0.3, 0.4) is 0 Å². The number of nitro groups is 1. The highest BCUT2D eigenvalue weighted by atomic mass is 35.5. The lowest BCUT2D eigenvalue weighted by Gasteiger charge is -2.24. The fourth-order valence-electron chi connectivity index (χ4n) is 1.22. The molecule has 1 amide bonds. The highest BCUT2D eigenvalue weighted by Gasteiger charge is 2.26. The summed E-state index contributed by atoms with van der Waals surface area (Å²) in [5.41, 5.74) is 0.496.